The molecule has 215 valence electrons. The third-order valence-electron chi connectivity index (χ3n) is 11.1. The molecule has 0 N–H and O–H groups in total. The van der Waals surface area contributed by atoms with Gasteiger partial charge in [-0.25, -0.2) is 0 Å². The summed E-state index contributed by atoms with van der Waals surface area (Å²) in [6, 6.07) is 0. The standard InChI is InChI=1S/C32H38N8.Co/c1-2-10-18-17(9-1)25-33-26(18)38-28-21-13-5-6-14-22(21)30(35-28)40-32-24-16-8-7-15-23(24)31(36-32)39-29-20-12-4-3-11-19(20)27(34-29)37-25;/h17-22H,1-16H2;/q-2;+2. The first kappa shape index (κ1) is 26.3. The van der Waals surface area contributed by atoms with Crippen LogP contribution in [0.4, 0.5) is 0 Å². The molecule has 4 aliphatic carbocycles. The molecule has 2 aromatic rings. The molecular formula is C32H38CoN8. The maximum Gasteiger partial charge on any atom is 2.00 e. The van der Waals surface area contributed by atoms with Crippen molar-refractivity contribution in [3.05, 3.63) is 46.1 Å². The van der Waals surface area contributed by atoms with E-state index in [1.54, 1.807) is 0 Å². The Labute approximate surface area is 251 Å². The third-order valence-corrected chi connectivity index (χ3v) is 11.1. The summed E-state index contributed by atoms with van der Waals surface area (Å²) in [7, 11) is 0. The molecule has 6 atom stereocenters. The van der Waals surface area contributed by atoms with Gasteiger partial charge in [0.25, 0.3) is 0 Å². The first-order valence-corrected chi connectivity index (χ1v) is 16.2. The maximum absolute atomic E-state index is 5.30. The van der Waals surface area contributed by atoms with Gasteiger partial charge in [0.2, 0.25) is 0 Å². The van der Waals surface area contributed by atoms with Crippen LogP contribution in [-0.2, 0) is 29.6 Å². The Morgan fingerprint density at radius 3 is 1.17 bits per heavy atom. The minimum atomic E-state index is 0. The molecule has 41 heavy (non-hydrogen) atoms. The number of fused-ring (bicyclic) bond motifs is 20. The van der Waals surface area contributed by atoms with Gasteiger partial charge in [0, 0.05) is 35.0 Å². The average Bonchev–Trinajstić information content (AvgIpc) is 3.73. The Bertz CT molecular complexity index is 1430. The Hall–Kier alpha value is -2.39. The monoisotopic (exact) mass is 593 g/mol. The van der Waals surface area contributed by atoms with E-state index in [1.165, 1.54) is 62.5 Å². The molecule has 1 radical (unpaired) electrons. The fraction of sp³-hybridized carbons (Fsp3) is 0.688. The van der Waals surface area contributed by atoms with Crippen LogP contribution in [0.2, 0.25) is 0 Å². The fourth-order valence-corrected chi connectivity index (χ4v) is 9.01. The van der Waals surface area contributed by atoms with E-state index in [4.69, 9.17) is 39.9 Å². The zero-order valence-corrected chi connectivity index (χ0v) is 24.7. The summed E-state index contributed by atoms with van der Waals surface area (Å²) in [5, 5.41) is 0. The smallest absolute Gasteiger partial charge is 0.366 e. The summed E-state index contributed by atoms with van der Waals surface area (Å²) in [5.74, 6) is 7.87. The van der Waals surface area contributed by atoms with Gasteiger partial charge in [-0.3, -0.25) is 9.97 Å². The maximum atomic E-state index is 5.30. The molecule has 8 nitrogen and oxygen atoms in total. The summed E-state index contributed by atoms with van der Waals surface area (Å²) < 4.78 is 0. The van der Waals surface area contributed by atoms with Crippen LogP contribution in [0, 0.1) is 0 Å². The molecule has 0 spiro atoms. The third kappa shape index (κ3) is 4.28. The number of aryl methyl sites for hydroxylation is 2. The molecule has 5 heterocycles. The molecule has 0 amide bonds. The van der Waals surface area contributed by atoms with Crippen molar-refractivity contribution in [3.8, 4) is 0 Å². The molecule has 8 bridgehead atoms. The van der Waals surface area contributed by atoms with E-state index in [2.05, 4.69) is 0 Å². The molecule has 9 heteroatoms. The number of nitrogens with zero attached hydrogens (tertiary/aromatic N) is 8. The van der Waals surface area contributed by atoms with Gasteiger partial charge in [-0.1, -0.05) is 38.5 Å². The van der Waals surface area contributed by atoms with Gasteiger partial charge in [0.1, 0.15) is 0 Å². The van der Waals surface area contributed by atoms with Crippen molar-refractivity contribution in [3.63, 3.8) is 0 Å². The van der Waals surface area contributed by atoms with Gasteiger partial charge in [-0.2, -0.15) is 0 Å². The summed E-state index contributed by atoms with van der Waals surface area (Å²) >= 11 is 0. The molecule has 3 fully saturated rings. The van der Waals surface area contributed by atoms with E-state index in [0.717, 1.165) is 97.6 Å². The molecule has 0 saturated heterocycles. The second-order valence-corrected chi connectivity index (χ2v) is 13.3. The molecule has 3 saturated carbocycles. The Kier molecular flexibility index (Phi) is 6.66. The Morgan fingerprint density at radius 2 is 0.756 bits per heavy atom. The van der Waals surface area contributed by atoms with Crippen LogP contribution in [0.5, 0.6) is 0 Å². The largest absolute Gasteiger partial charge is 2.00 e. The van der Waals surface area contributed by atoms with E-state index in [9.17, 15) is 0 Å². The Morgan fingerprint density at radius 1 is 0.390 bits per heavy atom. The van der Waals surface area contributed by atoms with E-state index in [-0.39, 0.29) is 16.8 Å². The second-order valence-electron chi connectivity index (χ2n) is 13.3. The first-order valence-electron chi connectivity index (χ1n) is 16.2. The van der Waals surface area contributed by atoms with Crippen molar-refractivity contribution in [1.29, 1.82) is 0 Å². The van der Waals surface area contributed by atoms with Crippen molar-refractivity contribution in [2.45, 2.75) is 138 Å². The van der Waals surface area contributed by atoms with Gasteiger partial charge in [0.05, 0.1) is 23.3 Å². The van der Waals surface area contributed by atoms with Crippen molar-refractivity contribution < 1.29 is 16.8 Å². The number of aromatic nitrogens is 8. The molecular weight excluding hydrogens is 555 g/mol. The predicted molar refractivity (Wildman–Crippen MR) is 150 cm³/mol. The summed E-state index contributed by atoms with van der Waals surface area (Å²) in [6.07, 6.45) is 18.7. The number of hydrogen-bond acceptors (Lipinski definition) is 6. The zero-order valence-electron chi connectivity index (χ0n) is 23.7. The van der Waals surface area contributed by atoms with Gasteiger partial charge in [0.15, 0.2) is 0 Å². The molecule has 3 aliphatic heterocycles. The molecule has 0 aromatic carbocycles. The fourth-order valence-electron chi connectivity index (χ4n) is 9.01. The van der Waals surface area contributed by atoms with Gasteiger partial charge >= 0.3 is 16.8 Å². The molecule has 6 unspecified atom stereocenters. The van der Waals surface area contributed by atoms with Gasteiger partial charge in [-0.05, 0) is 98.8 Å². The van der Waals surface area contributed by atoms with E-state index >= 15 is 0 Å². The minimum absolute atomic E-state index is 0. The summed E-state index contributed by atoms with van der Waals surface area (Å²) in [6.45, 7) is 0. The van der Waals surface area contributed by atoms with Crippen LogP contribution in [-0.4, -0.2) is 29.9 Å². The van der Waals surface area contributed by atoms with E-state index in [1.807, 2.05) is 0 Å². The van der Waals surface area contributed by atoms with Crippen molar-refractivity contribution in [1.82, 2.24) is 39.9 Å². The topological polar surface area (TPSA) is 106 Å². The van der Waals surface area contributed by atoms with Crippen LogP contribution in [0.25, 0.3) is 11.3 Å². The molecule has 9 rings (SSSR count). The van der Waals surface area contributed by atoms with Crippen molar-refractivity contribution in [2.24, 2.45) is 0 Å². The zero-order chi connectivity index (χ0) is 26.2. The predicted octanol–water partition coefficient (Wildman–Crippen LogP) is 6.08. The van der Waals surface area contributed by atoms with Crippen molar-refractivity contribution in [2.75, 3.05) is 0 Å². The van der Waals surface area contributed by atoms with Crippen LogP contribution < -0.4 is 9.97 Å². The van der Waals surface area contributed by atoms with Gasteiger partial charge < -0.3 is 29.9 Å². The quantitative estimate of drug-likeness (QED) is 0.362. The number of hydrogen-bond donors (Lipinski definition) is 0. The summed E-state index contributed by atoms with van der Waals surface area (Å²) in [5.41, 5.74) is 4.32. The minimum Gasteiger partial charge on any atom is -0.366 e. The van der Waals surface area contributed by atoms with Crippen LogP contribution in [0.3, 0.4) is 0 Å². The van der Waals surface area contributed by atoms with Crippen LogP contribution >= 0.6 is 0 Å². The first-order chi connectivity index (χ1) is 19.8. The van der Waals surface area contributed by atoms with Gasteiger partial charge in [-0.15, -0.1) is 0 Å². The van der Waals surface area contributed by atoms with E-state index in [0.29, 0.717) is 35.5 Å². The normalized spacial score (nSPS) is 31.1. The van der Waals surface area contributed by atoms with Crippen LogP contribution in [0.15, 0.2) is 0 Å². The Balaban J connectivity index is 0.00000256. The average molecular weight is 594 g/mol. The van der Waals surface area contributed by atoms with Crippen LogP contribution in [0.1, 0.15) is 171 Å². The van der Waals surface area contributed by atoms with Crippen molar-refractivity contribution >= 4 is 11.3 Å². The number of rotatable bonds is 0. The molecule has 7 aliphatic rings. The van der Waals surface area contributed by atoms with E-state index < -0.39 is 0 Å². The second kappa shape index (κ2) is 10.4. The SMILES string of the molecule is C1CCc2c(c3nc4nc(nc5[n-]c(nc6nc(nc2[n-]3)C2CCCCC62)C2CCCCC52)C2CCCCC42)C1.[Co+2]. The summed E-state index contributed by atoms with van der Waals surface area (Å²) in [4.78, 5) is 41.8. The molecule has 2 aromatic heterocycles.